The topological polar surface area (TPSA) is 78.9 Å². The zero-order valence-corrected chi connectivity index (χ0v) is 17.7. The van der Waals surface area contributed by atoms with Crippen LogP contribution in [0.15, 0.2) is 30.3 Å². The van der Waals surface area contributed by atoms with Gasteiger partial charge in [0.05, 0.1) is 25.3 Å². The number of hydrogen-bond acceptors (Lipinski definition) is 7. The minimum absolute atomic E-state index is 0.0596. The number of rotatable bonds is 5. The first-order chi connectivity index (χ1) is 14.5. The number of methoxy groups -OCH3 is 1. The lowest BCUT2D eigenvalue weighted by molar-refractivity contribution is -0.139. The highest BCUT2D eigenvalue weighted by molar-refractivity contribution is 6.05. The molecule has 0 unspecified atom stereocenters. The first kappa shape index (κ1) is 20.3. The Morgan fingerprint density at radius 3 is 2.37 bits per heavy atom. The molecule has 1 aromatic heterocycles. The Labute approximate surface area is 176 Å². The van der Waals surface area contributed by atoms with Crippen molar-refractivity contribution in [2.75, 3.05) is 44.7 Å². The van der Waals surface area contributed by atoms with Crippen LogP contribution in [0.1, 0.15) is 19.2 Å². The molecule has 0 spiro atoms. The van der Waals surface area contributed by atoms with E-state index in [-0.39, 0.29) is 17.9 Å². The molecule has 8 heteroatoms. The summed E-state index contributed by atoms with van der Waals surface area (Å²) in [6.07, 6.45) is 0.293. The van der Waals surface area contributed by atoms with E-state index in [9.17, 15) is 9.59 Å². The highest BCUT2D eigenvalue weighted by Gasteiger charge is 2.41. The zero-order valence-electron chi connectivity index (χ0n) is 17.7. The highest BCUT2D eigenvalue weighted by atomic mass is 16.5. The lowest BCUT2D eigenvalue weighted by Gasteiger charge is -2.37. The van der Waals surface area contributed by atoms with Crippen LogP contribution in [-0.2, 0) is 9.59 Å². The maximum Gasteiger partial charge on any atom is 0.247 e. The van der Waals surface area contributed by atoms with Crippen LogP contribution < -0.4 is 9.64 Å². The van der Waals surface area contributed by atoms with Gasteiger partial charge in [0.1, 0.15) is 17.4 Å². The molecule has 0 saturated carbocycles. The van der Waals surface area contributed by atoms with Gasteiger partial charge < -0.3 is 9.64 Å². The lowest BCUT2D eigenvalue weighted by Crippen LogP contribution is -2.52. The summed E-state index contributed by atoms with van der Waals surface area (Å²) in [6, 6.07) is 9.51. The summed E-state index contributed by atoms with van der Waals surface area (Å²) in [4.78, 5) is 39.5. The third-order valence-electron chi connectivity index (χ3n) is 5.83. The number of imide groups is 1. The smallest absolute Gasteiger partial charge is 0.247 e. The number of carbonyl (C=O) groups excluding carboxylic acids is 2. The quantitative estimate of drug-likeness (QED) is 0.696. The number of carbonyl (C=O) groups is 2. The van der Waals surface area contributed by atoms with Crippen molar-refractivity contribution in [1.82, 2.24) is 19.8 Å². The fourth-order valence-electron chi connectivity index (χ4n) is 4.17. The van der Waals surface area contributed by atoms with Crippen molar-refractivity contribution in [2.24, 2.45) is 0 Å². The molecule has 0 N–H and O–H groups in total. The van der Waals surface area contributed by atoms with Gasteiger partial charge in [0, 0.05) is 44.4 Å². The van der Waals surface area contributed by atoms with Gasteiger partial charge in [-0.1, -0.05) is 0 Å². The molecule has 2 aromatic rings. The van der Waals surface area contributed by atoms with Gasteiger partial charge >= 0.3 is 0 Å². The molecule has 2 amide bonds. The number of amides is 2. The van der Waals surface area contributed by atoms with Crippen LogP contribution in [0.25, 0.3) is 11.3 Å². The van der Waals surface area contributed by atoms with Crippen molar-refractivity contribution >= 4 is 17.6 Å². The summed E-state index contributed by atoms with van der Waals surface area (Å²) >= 11 is 0. The molecule has 2 aliphatic rings. The SMILES string of the molecule is CCN1C(=O)C[C@H](N2CCN(c3cc(-c4ccc(OC)cc4)nc(C)n3)CC2)C1=O. The molecule has 0 aliphatic carbocycles. The van der Waals surface area contributed by atoms with Crippen molar-refractivity contribution in [2.45, 2.75) is 26.3 Å². The van der Waals surface area contributed by atoms with E-state index in [1.165, 1.54) is 4.90 Å². The molecule has 1 atom stereocenters. The number of anilines is 1. The Morgan fingerprint density at radius 2 is 1.77 bits per heavy atom. The summed E-state index contributed by atoms with van der Waals surface area (Å²) < 4.78 is 5.23. The van der Waals surface area contributed by atoms with Gasteiger partial charge in [-0.15, -0.1) is 0 Å². The predicted molar refractivity (Wildman–Crippen MR) is 113 cm³/mol. The van der Waals surface area contributed by atoms with E-state index in [1.807, 2.05) is 44.2 Å². The number of piperazine rings is 1. The van der Waals surface area contributed by atoms with Gasteiger partial charge in [-0.2, -0.15) is 0 Å². The van der Waals surface area contributed by atoms with E-state index in [0.29, 0.717) is 13.0 Å². The first-order valence-corrected chi connectivity index (χ1v) is 10.3. The lowest BCUT2D eigenvalue weighted by atomic mass is 10.1. The highest BCUT2D eigenvalue weighted by Crippen LogP contribution is 2.26. The van der Waals surface area contributed by atoms with Gasteiger partial charge in [0.25, 0.3) is 0 Å². The second-order valence-electron chi connectivity index (χ2n) is 7.61. The first-order valence-electron chi connectivity index (χ1n) is 10.3. The molecule has 30 heavy (non-hydrogen) atoms. The fraction of sp³-hybridized carbons (Fsp3) is 0.455. The van der Waals surface area contributed by atoms with Crippen molar-refractivity contribution in [3.63, 3.8) is 0 Å². The second-order valence-corrected chi connectivity index (χ2v) is 7.61. The molecule has 3 heterocycles. The molecule has 2 aliphatic heterocycles. The molecule has 4 rings (SSSR count). The maximum atomic E-state index is 12.5. The van der Waals surface area contributed by atoms with Crippen LogP contribution >= 0.6 is 0 Å². The van der Waals surface area contributed by atoms with E-state index in [2.05, 4.69) is 19.8 Å². The molecule has 1 aromatic carbocycles. The molecule has 2 fully saturated rings. The third kappa shape index (κ3) is 3.87. The minimum atomic E-state index is -0.318. The number of aryl methyl sites for hydroxylation is 1. The zero-order chi connectivity index (χ0) is 21.3. The van der Waals surface area contributed by atoms with Crippen LogP contribution in [0.4, 0.5) is 5.82 Å². The normalized spacial score (nSPS) is 20.2. The number of hydrogen-bond donors (Lipinski definition) is 0. The van der Waals surface area contributed by atoms with E-state index >= 15 is 0 Å². The van der Waals surface area contributed by atoms with E-state index in [1.54, 1.807) is 7.11 Å². The van der Waals surface area contributed by atoms with Crippen molar-refractivity contribution in [1.29, 1.82) is 0 Å². The monoisotopic (exact) mass is 409 g/mol. The van der Waals surface area contributed by atoms with Gasteiger partial charge in [-0.25, -0.2) is 9.97 Å². The standard InChI is InChI=1S/C22H27N5O3/c1-4-27-21(28)14-19(22(27)29)25-9-11-26(12-10-25)20-13-18(23-15(2)24-20)16-5-7-17(30-3)8-6-16/h5-8,13,19H,4,9-12,14H2,1-3H3/t19-/m0/s1. The summed E-state index contributed by atoms with van der Waals surface area (Å²) in [7, 11) is 1.65. The number of nitrogens with zero attached hydrogens (tertiary/aromatic N) is 5. The summed E-state index contributed by atoms with van der Waals surface area (Å²) in [5.74, 6) is 2.29. The van der Waals surface area contributed by atoms with Crippen LogP contribution in [0, 0.1) is 6.92 Å². The Bertz CT molecular complexity index is 938. The molecular formula is C22H27N5O3. The molecule has 8 nitrogen and oxygen atoms in total. The van der Waals surface area contributed by atoms with Crippen LogP contribution in [0.2, 0.25) is 0 Å². The summed E-state index contributed by atoms with van der Waals surface area (Å²) in [6.45, 7) is 7.14. The molecule has 0 bridgehead atoms. The second kappa shape index (κ2) is 8.39. The Kier molecular flexibility index (Phi) is 5.67. The number of likely N-dealkylation sites (tertiary alicyclic amines) is 1. The molecule has 2 saturated heterocycles. The van der Waals surface area contributed by atoms with Crippen molar-refractivity contribution < 1.29 is 14.3 Å². The molecule has 158 valence electrons. The van der Waals surface area contributed by atoms with E-state index in [0.717, 1.165) is 54.8 Å². The van der Waals surface area contributed by atoms with Crippen LogP contribution in [-0.4, -0.2) is 77.5 Å². The average Bonchev–Trinajstić information content (AvgIpc) is 3.06. The number of likely N-dealkylation sites (N-methyl/N-ethyl adjacent to an activating group) is 1. The molecule has 0 radical (unpaired) electrons. The third-order valence-corrected chi connectivity index (χ3v) is 5.83. The van der Waals surface area contributed by atoms with Gasteiger partial charge in [-0.3, -0.25) is 19.4 Å². The van der Waals surface area contributed by atoms with Gasteiger partial charge in [0.15, 0.2) is 0 Å². The predicted octanol–water partition coefficient (Wildman–Crippen LogP) is 1.73. The van der Waals surface area contributed by atoms with Crippen molar-refractivity contribution in [3.05, 3.63) is 36.2 Å². The van der Waals surface area contributed by atoms with Crippen LogP contribution in [0.5, 0.6) is 5.75 Å². The summed E-state index contributed by atoms with van der Waals surface area (Å²) in [5, 5.41) is 0. The Hall–Kier alpha value is -3.00. The number of ether oxygens (including phenoxy) is 1. The van der Waals surface area contributed by atoms with Gasteiger partial charge in [-0.05, 0) is 38.1 Å². The van der Waals surface area contributed by atoms with Crippen molar-refractivity contribution in [3.8, 4) is 17.0 Å². The minimum Gasteiger partial charge on any atom is -0.497 e. The fourth-order valence-corrected chi connectivity index (χ4v) is 4.17. The average molecular weight is 409 g/mol. The Morgan fingerprint density at radius 1 is 1.07 bits per heavy atom. The Balaban J connectivity index is 1.46. The van der Waals surface area contributed by atoms with E-state index < -0.39 is 0 Å². The number of benzene rings is 1. The summed E-state index contributed by atoms with van der Waals surface area (Å²) in [5.41, 5.74) is 1.88. The largest absolute Gasteiger partial charge is 0.497 e. The number of aromatic nitrogens is 2. The van der Waals surface area contributed by atoms with Gasteiger partial charge in [0.2, 0.25) is 11.8 Å². The van der Waals surface area contributed by atoms with Crippen LogP contribution in [0.3, 0.4) is 0 Å². The molecular weight excluding hydrogens is 382 g/mol. The van der Waals surface area contributed by atoms with E-state index in [4.69, 9.17) is 4.74 Å². The maximum absolute atomic E-state index is 12.5.